The van der Waals surface area contributed by atoms with Crippen LogP contribution >= 0.6 is 11.3 Å². The lowest BCUT2D eigenvalue weighted by molar-refractivity contribution is -0.127. The van der Waals surface area contributed by atoms with Crippen LogP contribution in [0.3, 0.4) is 0 Å². The number of amides is 2. The van der Waals surface area contributed by atoms with Crippen molar-refractivity contribution in [1.82, 2.24) is 9.80 Å². The Morgan fingerprint density at radius 1 is 1.03 bits per heavy atom. The first-order chi connectivity index (χ1) is 15.6. The molecular weight excluding hydrogens is 418 g/mol. The van der Waals surface area contributed by atoms with Crippen molar-refractivity contribution >= 4 is 38.9 Å². The van der Waals surface area contributed by atoms with Crippen LogP contribution in [0.1, 0.15) is 52.9 Å². The van der Waals surface area contributed by atoms with E-state index >= 15 is 0 Å². The van der Waals surface area contributed by atoms with Gasteiger partial charge in [0.15, 0.2) is 0 Å². The second-order valence-electron chi connectivity index (χ2n) is 8.89. The van der Waals surface area contributed by atoms with E-state index in [1.165, 1.54) is 12.8 Å². The monoisotopic (exact) mass is 447 g/mol. The molecule has 0 saturated carbocycles. The van der Waals surface area contributed by atoms with Gasteiger partial charge in [0.2, 0.25) is 5.91 Å². The van der Waals surface area contributed by atoms with Crippen LogP contribution in [0, 0.1) is 0 Å². The summed E-state index contributed by atoms with van der Waals surface area (Å²) in [6, 6.07) is 16.4. The molecule has 2 aliphatic rings. The SMILES string of the molecule is CC(=O)N1CC[C@H](c2c(C(=O)Nc3ccccc3CN3CCCC3)sc3ccccc23)C1. The minimum Gasteiger partial charge on any atom is -0.342 e. The highest BCUT2D eigenvalue weighted by atomic mass is 32.1. The van der Waals surface area contributed by atoms with Crippen LogP contribution in [0.2, 0.25) is 0 Å². The minimum absolute atomic E-state index is 0.0450. The molecule has 0 spiro atoms. The Morgan fingerprint density at radius 3 is 2.56 bits per heavy atom. The molecule has 1 atom stereocenters. The van der Waals surface area contributed by atoms with Crippen molar-refractivity contribution in [3.05, 3.63) is 64.5 Å². The molecule has 2 fully saturated rings. The summed E-state index contributed by atoms with van der Waals surface area (Å²) in [7, 11) is 0. The number of rotatable bonds is 5. The second kappa shape index (κ2) is 9.04. The topological polar surface area (TPSA) is 52.7 Å². The fourth-order valence-corrected chi connectivity index (χ4v) is 6.25. The molecule has 1 aromatic heterocycles. The molecule has 6 heteroatoms. The number of nitrogens with zero attached hydrogens (tertiary/aromatic N) is 2. The lowest BCUT2D eigenvalue weighted by atomic mass is 9.95. The molecule has 3 heterocycles. The number of nitrogens with one attached hydrogen (secondary N) is 1. The van der Waals surface area contributed by atoms with Crippen LogP contribution in [0.15, 0.2) is 48.5 Å². The molecule has 0 radical (unpaired) electrons. The third-order valence-corrected chi connectivity index (χ3v) is 7.93. The zero-order valence-electron chi connectivity index (χ0n) is 18.5. The molecule has 32 heavy (non-hydrogen) atoms. The molecular formula is C26H29N3O2S. The molecule has 5 nitrogen and oxygen atoms in total. The first kappa shape index (κ1) is 21.2. The fraction of sp³-hybridized carbons (Fsp3) is 0.385. The second-order valence-corrected chi connectivity index (χ2v) is 9.94. The van der Waals surface area contributed by atoms with E-state index in [0.29, 0.717) is 6.54 Å². The summed E-state index contributed by atoms with van der Waals surface area (Å²) < 4.78 is 1.12. The number of carbonyl (C=O) groups is 2. The van der Waals surface area contributed by atoms with E-state index in [2.05, 4.69) is 28.4 Å². The third-order valence-electron chi connectivity index (χ3n) is 6.74. The molecule has 2 saturated heterocycles. The molecule has 2 aromatic carbocycles. The van der Waals surface area contributed by atoms with Gasteiger partial charge in [-0.3, -0.25) is 14.5 Å². The van der Waals surface area contributed by atoms with Gasteiger partial charge in [0.05, 0.1) is 4.88 Å². The third kappa shape index (κ3) is 4.17. The highest BCUT2D eigenvalue weighted by Crippen LogP contribution is 2.40. The Bertz CT molecular complexity index is 1150. The van der Waals surface area contributed by atoms with Gasteiger partial charge in [-0.2, -0.15) is 0 Å². The Kier molecular flexibility index (Phi) is 5.98. The highest BCUT2D eigenvalue weighted by molar-refractivity contribution is 7.21. The van der Waals surface area contributed by atoms with Gasteiger partial charge >= 0.3 is 0 Å². The number of fused-ring (bicyclic) bond motifs is 1. The summed E-state index contributed by atoms with van der Waals surface area (Å²) >= 11 is 1.56. The van der Waals surface area contributed by atoms with Crippen LogP contribution in [0.25, 0.3) is 10.1 Å². The highest BCUT2D eigenvalue weighted by Gasteiger charge is 2.31. The van der Waals surface area contributed by atoms with Gasteiger partial charge in [-0.15, -0.1) is 11.3 Å². The number of hydrogen-bond donors (Lipinski definition) is 1. The molecule has 0 aliphatic carbocycles. The van der Waals surface area contributed by atoms with E-state index in [9.17, 15) is 9.59 Å². The number of carbonyl (C=O) groups excluding carboxylic acids is 2. The molecule has 0 bridgehead atoms. The Balaban J connectivity index is 1.45. The van der Waals surface area contributed by atoms with Gasteiger partial charge in [-0.05, 0) is 61.0 Å². The summed E-state index contributed by atoms with van der Waals surface area (Å²) in [6.07, 6.45) is 3.39. The zero-order valence-corrected chi connectivity index (χ0v) is 19.3. The normalized spacial score (nSPS) is 19.0. The van der Waals surface area contributed by atoms with Crippen LogP contribution in [-0.2, 0) is 11.3 Å². The van der Waals surface area contributed by atoms with Crippen molar-refractivity contribution in [2.45, 2.75) is 38.6 Å². The van der Waals surface area contributed by atoms with Gasteiger partial charge in [-0.1, -0.05) is 36.4 Å². The average molecular weight is 448 g/mol. The summed E-state index contributed by atoms with van der Waals surface area (Å²) in [6.45, 7) is 6.17. The Labute approximate surface area is 193 Å². The maximum Gasteiger partial charge on any atom is 0.266 e. The summed E-state index contributed by atoms with van der Waals surface area (Å²) in [5.41, 5.74) is 3.16. The molecule has 5 rings (SSSR count). The van der Waals surface area contributed by atoms with Crippen molar-refractivity contribution in [3.63, 3.8) is 0 Å². The van der Waals surface area contributed by atoms with E-state index in [1.54, 1.807) is 18.3 Å². The number of para-hydroxylation sites is 1. The average Bonchev–Trinajstić information content (AvgIpc) is 3.54. The first-order valence-electron chi connectivity index (χ1n) is 11.5. The largest absolute Gasteiger partial charge is 0.342 e. The molecule has 1 N–H and O–H groups in total. The number of thiophene rings is 1. The van der Waals surface area contributed by atoms with Gasteiger partial charge < -0.3 is 10.2 Å². The maximum atomic E-state index is 13.6. The van der Waals surface area contributed by atoms with Crippen LogP contribution in [-0.4, -0.2) is 47.8 Å². The summed E-state index contributed by atoms with van der Waals surface area (Å²) in [5.74, 6) is 0.251. The van der Waals surface area contributed by atoms with Crippen molar-refractivity contribution in [2.24, 2.45) is 0 Å². The summed E-state index contributed by atoms with van der Waals surface area (Å²) in [4.78, 5) is 30.6. The van der Waals surface area contributed by atoms with Crippen molar-refractivity contribution in [1.29, 1.82) is 0 Å². The van der Waals surface area contributed by atoms with Gasteiger partial charge in [0.1, 0.15) is 0 Å². The van der Waals surface area contributed by atoms with E-state index in [4.69, 9.17) is 0 Å². The molecule has 3 aromatic rings. The zero-order chi connectivity index (χ0) is 22.1. The number of likely N-dealkylation sites (tertiary alicyclic amines) is 2. The quantitative estimate of drug-likeness (QED) is 0.593. The molecule has 0 unspecified atom stereocenters. The predicted octanol–water partition coefficient (Wildman–Crippen LogP) is 5.09. The summed E-state index contributed by atoms with van der Waals surface area (Å²) in [5, 5.41) is 4.37. The van der Waals surface area contributed by atoms with E-state index < -0.39 is 0 Å². The van der Waals surface area contributed by atoms with Crippen LogP contribution in [0.5, 0.6) is 0 Å². The molecule has 2 aliphatic heterocycles. The maximum absolute atomic E-state index is 13.6. The van der Waals surface area contributed by atoms with Crippen LogP contribution in [0.4, 0.5) is 5.69 Å². The standard InChI is InChI=1S/C26H29N3O2S/c1-18(30)29-15-12-20(17-29)24-21-9-3-5-11-23(21)32-25(24)26(31)27-22-10-4-2-8-19(22)16-28-13-6-7-14-28/h2-5,8-11,20H,6-7,12-17H2,1H3,(H,27,31)/t20-/m0/s1. The van der Waals surface area contributed by atoms with Crippen molar-refractivity contribution in [3.8, 4) is 0 Å². The minimum atomic E-state index is -0.0450. The van der Waals surface area contributed by atoms with Crippen LogP contribution < -0.4 is 5.32 Å². The van der Waals surface area contributed by atoms with E-state index in [-0.39, 0.29) is 17.7 Å². The first-order valence-corrected chi connectivity index (χ1v) is 12.3. The molecule has 166 valence electrons. The van der Waals surface area contributed by atoms with Gasteiger partial charge in [0.25, 0.3) is 5.91 Å². The van der Waals surface area contributed by atoms with E-state index in [1.807, 2.05) is 35.2 Å². The van der Waals surface area contributed by atoms with Gasteiger partial charge in [-0.25, -0.2) is 0 Å². The Hall–Kier alpha value is -2.70. The fourth-order valence-electron chi connectivity index (χ4n) is 5.06. The predicted molar refractivity (Wildman–Crippen MR) is 130 cm³/mol. The number of anilines is 1. The number of hydrogen-bond acceptors (Lipinski definition) is 4. The molecule has 2 amide bonds. The number of benzene rings is 2. The van der Waals surface area contributed by atoms with Crippen molar-refractivity contribution in [2.75, 3.05) is 31.5 Å². The Morgan fingerprint density at radius 2 is 1.78 bits per heavy atom. The smallest absolute Gasteiger partial charge is 0.266 e. The van der Waals surface area contributed by atoms with Crippen molar-refractivity contribution < 1.29 is 9.59 Å². The lowest BCUT2D eigenvalue weighted by Gasteiger charge is -2.18. The van der Waals surface area contributed by atoms with Gasteiger partial charge in [0, 0.05) is 42.9 Å². The lowest BCUT2D eigenvalue weighted by Crippen LogP contribution is -2.25. The van der Waals surface area contributed by atoms with E-state index in [0.717, 1.165) is 64.4 Å².